The molecule has 1 aromatic carbocycles. The van der Waals surface area contributed by atoms with Crippen LogP contribution in [0.3, 0.4) is 0 Å². The van der Waals surface area contributed by atoms with Gasteiger partial charge in [0.1, 0.15) is 5.75 Å². The highest BCUT2D eigenvalue weighted by Gasteiger charge is 2.40. The van der Waals surface area contributed by atoms with E-state index in [0.717, 1.165) is 54.1 Å². The van der Waals surface area contributed by atoms with Crippen LogP contribution in [0.25, 0.3) is 11.8 Å². The summed E-state index contributed by atoms with van der Waals surface area (Å²) >= 11 is 0. The van der Waals surface area contributed by atoms with Crippen LogP contribution < -0.4 is 4.74 Å². The lowest BCUT2D eigenvalue weighted by Gasteiger charge is -2.32. The van der Waals surface area contributed by atoms with Gasteiger partial charge in [0.15, 0.2) is 0 Å². The maximum atomic E-state index is 13.6. The Morgan fingerprint density at radius 1 is 1.03 bits per heavy atom. The number of nitrogens with zero attached hydrogens (tertiary/aromatic N) is 2. The van der Waals surface area contributed by atoms with E-state index >= 15 is 0 Å². The van der Waals surface area contributed by atoms with Crippen LogP contribution in [0.2, 0.25) is 0 Å². The second-order valence-corrected chi connectivity index (χ2v) is 8.84. The van der Waals surface area contributed by atoms with Gasteiger partial charge in [0, 0.05) is 28.8 Å². The van der Waals surface area contributed by atoms with Crippen LogP contribution in [0, 0.1) is 13.8 Å². The van der Waals surface area contributed by atoms with Gasteiger partial charge in [0.05, 0.1) is 25.4 Å². The number of carbonyl (C=O) groups is 2. The molecular formula is C27H32N2O4. The van der Waals surface area contributed by atoms with Gasteiger partial charge in [-0.3, -0.25) is 4.79 Å². The molecule has 2 aromatic rings. The van der Waals surface area contributed by atoms with E-state index in [9.17, 15) is 9.59 Å². The van der Waals surface area contributed by atoms with Gasteiger partial charge in [-0.1, -0.05) is 19.3 Å². The first kappa shape index (κ1) is 22.9. The first-order valence-corrected chi connectivity index (χ1v) is 11.6. The number of aromatic nitrogens is 1. The third-order valence-electron chi connectivity index (χ3n) is 6.87. The van der Waals surface area contributed by atoms with Gasteiger partial charge in [-0.15, -0.1) is 0 Å². The van der Waals surface area contributed by atoms with E-state index in [1.807, 2.05) is 62.1 Å². The van der Waals surface area contributed by atoms with Gasteiger partial charge in [0.25, 0.3) is 5.91 Å². The summed E-state index contributed by atoms with van der Waals surface area (Å²) in [6, 6.07) is 10.1. The molecule has 4 rings (SSSR count). The van der Waals surface area contributed by atoms with E-state index in [1.54, 1.807) is 7.11 Å². The lowest BCUT2D eigenvalue weighted by atomic mass is 9.94. The predicted molar refractivity (Wildman–Crippen MR) is 128 cm³/mol. The van der Waals surface area contributed by atoms with Crippen LogP contribution in [-0.4, -0.2) is 41.6 Å². The molecule has 1 aliphatic heterocycles. The van der Waals surface area contributed by atoms with Crippen molar-refractivity contribution in [3.8, 4) is 11.4 Å². The molecule has 1 aliphatic carbocycles. The number of amides is 1. The quantitative estimate of drug-likeness (QED) is 0.471. The van der Waals surface area contributed by atoms with Gasteiger partial charge in [-0.25, -0.2) is 4.79 Å². The molecule has 174 valence electrons. The van der Waals surface area contributed by atoms with Crippen molar-refractivity contribution in [2.24, 2.45) is 0 Å². The molecule has 1 aromatic heterocycles. The lowest BCUT2D eigenvalue weighted by Crippen LogP contribution is -2.37. The van der Waals surface area contributed by atoms with Gasteiger partial charge in [0.2, 0.25) is 0 Å². The van der Waals surface area contributed by atoms with E-state index in [2.05, 4.69) is 4.57 Å². The number of esters is 1. The lowest BCUT2D eigenvalue weighted by molar-refractivity contribution is -0.136. The Kier molecular flexibility index (Phi) is 6.45. The molecule has 2 heterocycles. The summed E-state index contributed by atoms with van der Waals surface area (Å²) in [7, 11) is 3.01. The summed E-state index contributed by atoms with van der Waals surface area (Å²) in [5.74, 6) is 0.231. The van der Waals surface area contributed by atoms with Crippen LogP contribution in [0.15, 0.2) is 47.2 Å². The van der Waals surface area contributed by atoms with Gasteiger partial charge >= 0.3 is 5.97 Å². The Bertz CT molecular complexity index is 1130. The first-order valence-electron chi connectivity index (χ1n) is 11.6. The van der Waals surface area contributed by atoms with Gasteiger partial charge < -0.3 is 18.9 Å². The highest BCUT2D eigenvalue weighted by atomic mass is 16.5. The molecular weight excluding hydrogens is 416 g/mol. The average molecular weight is 449 g/mol. The molecule has 1 amide bonds. The number of ether oxygens (including phenoxy) is 2. The number of methoxy groups -OCH3 is 2. The van der Waals surface area contributed by atoms with Crippen molar-refractivity contribution >= 4 is 18.0 Å². The number of allylic oxidation sites excluding steroid dienone is 1. The van der Waals surface area contributed by atoms with Crippen LogP contribution in [0.5, 0.6) is 5.75 Å². The SMILES string of the molecule is COC(=O)C1=C(C)N(C2CCCCC2)C(=O)/C1=C\c1cc(C)n(-c2ccc(OC)cc2)c1C. The fourth-order valence-corrected chi connectivity index (χ4v) is 5.19. The van der Waals surface area contributed by atoms with E-state index in [-0.39, 0.29) is 11.9 Å². The highest BCUT2D eigenvalue weighted by Crippen LogP contribution is 2.37. The number of aryl methyl sites for hydroxylation is 1. The Morgan fingerprint density at radius 3 is 2.30 bits per heavy atom. The summed E-state index contributed by atoms with van der Waals surface area (Å²) in [5, 5.41) is 0. The van der Waals surface area contributed by atoms with Crippen LogP contribution in [-0.2, 0) is 14.3 Å². The molecule has 6 nitrogen and oxygen atoms in total. The van der Waals surface area contributed by atoms with Gasteiger partial charge in [-0.2, -0.15) is 0 Å². The predicted octanol–water partition coefficient (Wildman–Crippen LogP) is 5.11. The van der Waals surface area contributed by atoms with Crippen LogP contribution in [0.1, 0.15) is 56.0 Å². The van der Waals surface area contributed by atoms with E-state index in [4.69, 9.17) is 9.47 Å². The molecule has 0 saturated heterocycles. The molecule has 0 N–H and O–H groups in total. The van der Waals surface area contributed by atoms with E-state index in [0.29, 0.717) is 16.8 Å². The molecule has 6 heteroatoms. The molecule has 33 heavy (non-hydrogen) atoms. The third-order valence-corrected chi connectivity index (χ3v) is 6.87. The summed E-state index contributed by atoms with van der Waals surface area (Å²) in [5.41, 5.74) is 5.45. The maximum Gasteiger partial charge on any atom is 0.340 e. The third kappa shape index (κ3) is 4.10. The number of rotatable bonds is 5. The van der Waals surface area contributed by atoms with Crippen molar-refractivity contribution in [2.75, 3.05) is 14.2 Å². The monoisotopic (exact) mass is 448 g/mol. The number of benzene rings is 1. The van der Waals surface area contributed by atoms with E-state index in [1.165, 1.54) is 13.5 Å². The zero-order chi connectivity index (χ0) is 23.7. The van der Waals surface area contributed by atoms with Crippen molar-refractivity contribution in [3.63, 3.8) is 0 Å². The first-order chi connectivity index (χ1) is 15.9. The fraction of sp³-hybridized carbons (Fsp3) is 0.407. The molecule has 1 fully saturated rings. The second-order valence-electron chi connectivity index (χ2n) is 8.84. The van der Waals surface area contributed by atoms with Crippen LogP contribution in [0.4, 0.5) is 0 Å². The van der Waals surface area contributed by atoms with Crippen molar-refractivity contribution < 1.29 is 19.1 Å². The topological polar surface area (TPSA) is 60.8 Å². The van der Waals surface area contributed by atoms with E-state index < -0.39 is 5.97 Å². The van der Waals surface area contributed by atoms with Crippen LogP contribution >= 0.6 is 0 Å². The Morgan fingerprint density at radius 2 is 1.70 bits per heavy atom. The zero-order valence-corrected chi connectivity index (χ0v) is 20.1. The van der Waals surface area contributed by atoms with Crippen molar-refractivity contribution in [1.29, 1.82) is 0 Å². The highest BCUT2D eigenvalue weighted by molar-refractivity contribution is 6.16. The largest absolute Gasteiger partial charge is 0.497 e. The minimum Gasteiger partial charge on any atom is -0.497 e. The molecule has 0 unspecified atom stereocenters. The average Bonchev–Trinajstić information content (AvgIpc) is 3.25. The summed E-state index contributed by atoms with van der Waals surface area (Å²) < 4.78 is 12.5. The second kappa shape index (κ2) is 9.30. The fourth-order valence-electron chi connectivity index (χ4n) is 5.19. The minimum absolute atomic E-state index is 0.103. The molecule has 1 saturated carbocycles. The Labute approximate surface area is 195 Å². The molecule has 0 radical (unpaired) electrons. The molecule has 0 spiro atoms. The summed E-state index contributed by atoms with van der Waals surface area (Å²) in [6.07, 6.45) is 7.21. The standard InChI is InChI=1S/C27H32N2O4/c1-17-15-20(18(2)28(17)22-11-13-23(32-4)14-12-22)16-24-25(27(31)33-5)19(3)29(26(24)30)21-9-7-6-8-10-21/h11-16,21H,6-10H2,1-5H3/b24-16-. The number of carbonyl (C=O) groups excluding carboxylic acids is 2. The number of hydrogen-bond acceptors (Lipinski definition) is 4. The van der Waals surface area contributed by atoms with Gasteiger partial charge in [-0.05, 0) is 75.6 Å². The minimum atomic E-state index is -0.464. The summed E-state index contributed by atoms with van der Waals surface area (Å²) in [4.78, 5) is 28.1. The Balaban J connectivity index is 1.77. The van der Waals surface area contributed by atoms with Crippen molar-refractivity contribution in [3.05, 3.63) is 64.1 Å². The molecule has 0 atom stereocenters. The van der Waals surface area contributed by atoms with Crippen molar-refractivity contribution in [2.45, 2.75) is 58.9 Å². The Hall–Kier alpha value is -3.28. The number of hydrogen-bond donors (Lipinski definition) is 0. The molecule has 2 aliphatic rings. The zero-order valence-electron chi connectivity index (χ0n) is 20.1. The summed E-state index contributed by atoms with van der Waals surface area (Å²) in [6.45, 7) is 5.92. The smallest absolute Gasteiger partial charge is 0.340 e. The molecule has 0 bridgehead atoms. The van der Waals surface area contributed by atoms with Crippen molar-refractivity contribution in [1.82, 2.24) is 9.47 Å². The maximum absolute atomic E-state index is 13.6. The normalized spacial score (nSPS) is 18.4.